The molecular weight excluding hydrogens is 292 g/mol. The number of ether oxygens (including phenoxy) is 1. The lowest BCUT2D eigenvalue weighted by Crippen LogP contribution is -2.23. The maximum atomic E-state index is 11.7. The fraction of sp³-hybridized carbons (Fsp3) is 0.333. The van der Waals surface area contributed by atoms with Crippen LogP contribution in [0.1, 0.15) is 24.0 Å². The molecule has 0 aliphatic rings. The van der Waals surface area contributed by atoms with Gasteiger partial charge in [0.05, 0.1) is 6.61 Å². The van der Waals surface area contributed by atoms with Crippen molar-refractivity contribution in [3.05, 3.63) is 70.1 Å². The van der Waals surface area contributed by atoms with Crippen molar-refractivity contribution >= 4 is 5.91 Å². The Morgan fingerprint density at radius 1 is 1.09 bits per heavy atom. The molecule has 2 rings (SSSR count). The predicted octanol–water partition coefficient (Wildman–Crippen LogP) is 2.03. The molecule has 2 aromatic rings. The summed E-state index contributed by atoms with van der Waals surface area (Å²) in [6.07, 6.45) is 3.57. The van der Waals surface area contributed by atoms with Gasteiger partial charge in [0.25, 0.3) is 0 Å². The third-order valence-electron chi connectivity index (χ3n) is 3.40. The Morgan fingerprint density at radius 2 is 1.91 bits per heavy atom. The Labute approximate surface area is 135 Å². The summed E-state index contributed by atoms with van der Waals surface area (Å²) in [4.78, 5) is 25.4. The van der Waals surface area contributed by atoms with E-state index >= 15 is 0 Å². The van der Waals surface area contributed by atoms with Crippen LogP contribution in [0.3, 0.4) is 0 Å². The first-order valence-corrected chi connectivity index (χ1v) is 7.80. The number of carbonyl (C=O) groups excluding carboxylic acids is 1. The molecule has 5 heteroatoms. The molecule has 0 fully saturated rings. The highest BCUT2D eigenvalue weighted by molar-refractivity contribution is 5.75. The van der Waals surface area contributed by atoms with Crippen LogP contribution in [-0.2, 0) is 22.5 Å². The van der Waals surface area contributed by atoms with Crippen molar-refractivity contribution in [3.63, 3.8) is 0 Å². The highest BCUT2D eigenvalue weighted by Gasteiger charge is 2.02. The molecule has 0 spiro atoms. The molecule has 1 aromatic heterocycles. The van der Waals surface area contributed by atoms with Gasteiger partial charge in [-0.3, -0.25) is 9.59 Å². The van der Waals surface area contributed by atoms with Gasteiger partial charge < -0.3 is 15.0 Å². The van der Waals surface area contributed by atoms with Crippen LogP contribution >= 0.6 is 0 Å². The molecule has 0 bridgehead atoms. The van der Waals surface area contributed by atoms with Gasteiger partial charge in [0.1, 0.15) is 0 Å². The Hall–Kier alpha value is -2.40. The van der Waals surface area contributed by atoms with Gasteiger partial charge in [-0.15, -0.1) is 0 Å². The van der Waals surface area contributed by atoms with Crippen molar-refractivity contribution in [1.82, 2.24) is 10.3 Å². The molecule has 0 aliphatic carbocycles. The number of benzene rings is 1. The molecule has 0 atom stereocenters. The van der Waals surface area contributed by atoms with Crippen molar-refractivity contribution in [2.24, 2.45) is 0 Å². The van der Waals surface area contributed by atoms with Crippen molar-refractivity contribution in [2.45, 2.75) is 25.8 Å². The van der Waals surface area contributed by atoms with Crippen molar-refractivity contribution in [3.8, 4) is 0 Å². The smallest absolute Gasteiger partial charge is 0.248 e. The Morgan fingerprint density at radius 3 is 2.70 bits per heavy atom. The van der Waals surface area contributed by atoms with Gasteiger partial charge >= 0.3 is 0 Å². The Bertz CT molecular complexity index is 653. The first kappa shape index (κ1) is 17.0. The van der Waals surface area contributed by atoms with Crippen LogP contribution in [0.25, 0.3) is 0 Å². The second-order valence-corrected chi connectivity index (χ2v) is 5.29. The normalized spacial score (nSPS) is 10.4. The van der Waals surface area contributed by atoms with Gasteiger partial charge in [0, 0.05) is 31.8 Å². The van der Waals surface area contributed by atoms with E-state index in [1.807, 2.05) is 18.2 Å². The van der Waals surface area contributed by atoms with Crippen LogP contribution in [-0.4, -0.2) is 24.1 Å². The molecule has 0 radical (unpaired) electrons. The number of hydrogen-bond acceptors (Lipinski definition) is 3. The first-order valence-electron chi connectivity index (χ1n) is 7.80. The van der Waals surface area contributed by atoms with Crippen molar-refractivity contribution in [1.29, 1.82) is 0 Å². The molecule has 0 saturated heterocycles. The summed E-state index contributed by atoms with van der Waals surface area (Å²) in [6.45, 7) is 1.61. The number of aromatic nitrogens is 1. The van der Waals surface area contributed by atoms with Crippen LogP contribution in [0.5, 0.6) is 0 Å². The minimum Gasteiger partial charge on any atom is -0.381 e. The summed E-state index contributed by atoms with van der Waals surface area (Å²) in [7, 11) is 0. The molecule has 5 nitrogen and oxygen atoms in total. The number of pyridine rings is 1. The van der Waals surface area contributed by atoms with Crippen LogP contribution in [0.15, 0.2) is 53.5 Å². The van der Waals surface area contributed by atoms with E-state index in [-0.39, 0.29) is 11.5 Å². The summed E-state index contributed by atoms with van der Waals surface area (Å²) >= 11 is 0. The number of nitrogens with one attached hydrogen (secondary N) is 2. The quantitative estimate of drug-likeness (QED) is 0.696. The fourth-order valence-electron chi connectivity index (χ4n) is 2.16. The number of aromatic amines is 1. The van der Waals surface area contributed by atoms with Gasteiger partial charge in [-0.1, -0.05) is 30.3 Å². The number of rotatable bonds is 9. The van der Waals surface area contributed by atoms with Crippen LogP contribution < -0.4 is 10.9 Å². The van der Waals surface area contributed by atoms with E-state index in [1.54, 1.807) is 12.3 Å². The molecule has 122 valence electrons. The third-order valence-corrected chi connectivity index (χ3v) is 3.40. The minimum atomic E-state index is -0.163. The number of amides is 1. The van der Waals surface area contributed by atoms with E-state index in [0.717, 1.165) is 12.0 Å². The van der Waals surface area contributed by atoms with Gasteiger partial charge in [-0.25, -0.2) is 0 Å². The second kappa shape index (κ2) is 9.58. The van der Waals surface area contributed by atoms with E-state index in [0.29, 0.717) is 32.6 Å². The lowest BCUT2D eigenvalue weighted by molar-refractivity contribution is -0.121. The third kappa shape index (κ3) is 6.93. The SMILES string of the molecule is O=C(CCCOCCc1ccccc1)NCc1cc[nH]c(=O)c1. The molecule has 0 unspecified atom stereocenters. The average molecular weight is 314 g/mol. The summed E-state index contributed by atoms with van der Waals surface area (Å²) in [5.41, 5.74) is 1.88. The minimum absolute atomic E-state index is 0.0306. The molecule has 1 aromatic carbocycles. The summed E-state index contributed by atoms with van der Waals surface area (Å²) < 4.78 is 5.54. The van der Waals surface area contributed by atoms with Crippen molar-refractivity contribution < 1.29 is 9.53 Å². The largest absolute Gasteiger partial charge is 0.381 e. The number of hydrogen-bond donors (Lipinski definition) is 2. The van der Waals surface area contributed by atoms with Crippen molar-refractivity contribution in [2.75, 3.05) is 13.2 Å². The maximum absolute atomic E-state index is 11.7. The highest BCUT2D eigenvalue weighted by atomic mass is 16.5. The maximum Gasteiger partial charge on any atom is 0.248 e. The van der Waals surface area contributed by atoms with Crippen LogP contribution in [0, 0.1) is 0 Å². The van der Waals surface area contributed by atoms with E-state index in [4.69, 9.17) is 4.74 Å². The average Bonchev–Trinajstić information content (AvgIpc) is 2.57. The van der Waals surface area contributed by atoms with Gasteiger partial charge in [0.15, 0.2) is 0 Å². The molecule has 2 N–H and O–H groups in total. The Balaban J connectivity index is 1.52. The zero-order valence-electron chi connectivity index (χ0n) is 13.1. The summed E-state index contributed by atoms with van der Waals surface area (Å²) in [5.74, 6) is -0.0306. The van der Waals surface area contributed by atoms with Crippen LogP contribution in [0.4, 0.5) is 0 Å². The molecule has 1 heterocycles. The monoisotopic (exact) mass is 314 g/mol. The zero-order chi connectivity index (χ0) is 16.3. The molecule has 0 aliphatic heterocycles. The standard InChI is InChI=1S/C18H22N2O3/c21-17(20-14-16-8-10-19-18(22)13-16)7-4-11-23-12-9-15-5-2-1-3-6-15/h1-3,5-6,8,10,13H,4,7,9,11-12,14H2,(H,19,22)(H,20,21). The van der Waals surface area contributed by atoms with E-state index in [9.17, 15) is 9.59 Å². The lowest BCUT2D eigenvalue weighted by atomic mass is 10.2. The van der Waals surface area contributed by atoms with Crippen LogP contribution in [0.2, 0.25) is 0 Å². The highest BCUT2D eigenvalue weighted by Crippen LogP contribution is 2.00. The zero-order valence-corrected chi connectivity index (χ0v) is 13.1. The first-order chi connectivity index (χ1) is 11.2. The molecular formula is C18H22N2O3. The van der Waals surface area contributed by atoms with Gasteiger partial charge in [-0.2, -0.15) is 0 Å². The van der Waals surface area contributed by atoms with Gasteiger partial charge in [-0.05, 0) is 30.0 Å². The summed E-state index contributed by atoms with van der Waals surface area (Å²) in [6, 6.07) is 13.4. The lowest BCUT2D eigenvalue weighted by Gasteiger charge is -2.06. The Kier molecular flexibility index (Phi) is 7.07. The predicted molar refractivity (Wildman–Crippen MR) is 89.1 cm³/mol. The summed E-state index contributed by atoms with van der Waals surface area (Å²) in [5, 5.41) is 2.80. The molecule has 1 amide bonds. The number of carbonyl (C=O) groups is 1. The fourth-order valence-corrected chi connectivity index (χ4v) is 2.16. The van der Waals surface area contributed by atoms with Gasteiger partial charge in [0.2, 0.25) is 11.5 Å². The molecule has 0 saturated carbocycles. The van der Waals surface area contributed by atoms with E-state index < -0.39 is 0 Å². The second-order valence-electron chi connectivity index (χ2n) is 5.29. The van der Waals surface area contributed by atoms with E-state index in [1.165, 1.54) is 11.6 Å². The number of H-pyrrole nitrogens is 1. The van der Waals surface area contributed by atoms with E-state index in [2.05, 4.69) is 22.4 Å². The molecule has 23 heavy (non-hydrogen) atoms. The topological polar surface area (TPSA) is 71.2 Å².